The SMILES string of the molecule is CCC1(N2CCOCC2)CCN(C(=O)NC(C)c2ccc(OC)c(F)c2)CC1. The Bertz CT molecular complexity index is 671. The second kappa shape index (κ2) is 9.09. The molecule has 28 heavy (non-hydrogen) atoms. The summed E-state index contributed by atoms with van der Waals surface area (Å²) < 4.78 is 24.4. The Morgan fingerprint density at radius 1 is 1.29 bits per heavy atom. The van der Waals surface area contributed by atoms with Gasteiger partial charge in [-0.05, 0) is 43.9 Å². The molecule has 1 N–H and O–H groups in total. The molecule has 2 amide bonds. The zero-order chi connectivity index (χ0) is 20.1. The molecule has 2 aliphatic rings. The fraction of sp³-hybridized carbons (Fsp3) is 0.667. The minimum atomic E-state index is -0.419. The van der Waals surface area contributed by atoms with Crippen LogP contribution in [0.15, 0.2) is 18.2 Å². The smallest absolute Gasteiger partial charge is 0.317 e. The van der Waals surface area contributed by atoms with Crippen molar-refractivity contribution < 1.29 is 18.7 Å². The molecule has 0 bridgehead atoms. The lowest BCUT2D eigenvalue weighted by Crippen LogP contribution is -2.59. The van der Waals surface area contributed by atoms with Gasteiger partial charge in [-0.1, -0.05) is 13.0 Å². The third-order valence-corrected chi connectivity index (χ3v) is 6.34. The molecule has 0 aliphatic carbocycles. The number of likely N-dealkylation sites (tertiary alicyclic amines) is 1. The number of ether oxygens (including phenoxy) is 2. The zero-order valence-electron chi connectivity index (χ0n) is 17.2. The molecule has 2 saturated heterocycles. The summed E-state index contributed by atoms with van der Waals surface area (Å²) in [6, 6.07) is 4.43. The molecule has 7 heteroatoms. The molecule has 1 aromatic carbocycles. The summed E-state index contributed by atoms with van der Waals surface area (Å²) in [4.78, 5) is 17.2. The molecule has 2 fully saturated rings. The summed E-state index contributed by atoms with van der Waals surface area (Å²) in [5, 5.41) is 3.00. The van der Waals surface area contributed by atoms with Crippen LogP contribution in [-0.4, -0.2) is 67.9 Å². The molecule has 1 aromatic rings. The van der Waals surface area contributed by atoms with Crippen molar-refractivity contribution in [3.63, 3.8) is 0 Å². The van der Waals surface area contributed by atoms with E-state index in [0.29, 0.717) is 0 Å². The van der Waals surface area contributed by atoms with Gasteiger partial charge in [0, 0.05) is 31.7 Å². The fourth-order valence-corrected chi connectivity index (χ4v) is 4.37. The van der Waals surface area contributed by atoms with Crippen molar-refractivity contribution in [3.05, 3.63) is 29.6 Å². The Labute approximate surface area is 167 Å². The lowest BCUT2D eigenvalue weighted by atomic mass is 9.83. The number of hydrogen-bond acceptors (Lipinski definition) is 4. The van der Waals surface area contributed by atoms with E-state index in [0.717, 1.165) is 64.2 Å². The van der Waals surface area contributed by atoms with Crippen LogP contribution in [0.3, 0.4) is 0 Å². The number of methoxy groups -OCH3 is 1. The number of morpholine rings is 1. The minimum Gasteiger partial charge on any atom is -0.494 e. The van der Waals surface area contributed by atoms with E-state index >= 15 is 0 Å². The Morgan fingerprint density at radius 3 is 2.54 bits per heavy atom. The number of hydrogen-bond donors (Lipinski definition) is 1. The molecule has 156 valence electrons. The van der Waals surface area contributed by atoms with Gasteiger partial charge in [-0.2, -0.15) is 0 Å². The Morgan fingerprint density at radius 2 is 1.96 bits per heavy atom. The highest BCUT2D eigenvalue weighted by atomic mass is 19.1. The van der Waals surface area contributed by atoms with Crippen molar-refractivity contribution in [2.45, 2.75) is 44.7 Å². The van der Waals surface area contributed by atoms with Crippen molar-refractivity contribution in [2.24, 2.45) is 0 Å². The van der Waals surface area contributed by atoms with Crippen molar-refractivity contribution in [1.82, 2.24) is 15.1 Å². The number of urea groups is 1. The van der Waals surface area contributed by atoms with Gasteiger partial charge in [-0.25, -0.2) is 9.18 Å². The monoisotopic (exact) mass is 393 g/mol. The molecule has 1 unspecified atom stereocenters. The second-order valence-electron chi connectivity index (χ2n) is 7.73. The molecule has 2 aliphatic heterocycles. The van der Waals surface area contributed by atoms with E-state index < -0.39 is 5.82 Å². The lowest BCUT2D eigenvalue weighted by molar-refractivity contribution is -0.0454. The number of carbonyl (C=O) groups is 1. The Kier molecular flexibility index (Phi) is 6.78. The van der Waals surface area contributed by atoms with Gasteiger partial charge in [0.25, 0.3) is 0 Å². The number of halogens is 1. The van der Waals surface area contributed by atoms with E-state index in [1.54, 1.807) is 12.1 Å². The summed E-state index contributed by atoms with van der Waals surface area (Å²) in [6.07, 6.45) is 3.04. The van der Waals surface area contributed by atoms with E-state index in [1.165, 1.54) is 13.2 Å². The van der Waals surface area contributed by atoms with Crippen molar-refractivity contribution >= 4 is 6.03 Å². The fourth-order valence-electron chi connectivity index (χ4n) is 4.37. The van der Waals surface area contributed by atoms with Crippen molar-refractivity contribution in [1.29, 1.82) is 0 Å². The highest BCUT2D eigenvalue weighted by Gasteiger charge is 2.40. The first-order valence-corrected chi connectivity index (χ1v) is 10.2. The third kappa shape index (κ3) is 4.41. The summed E-state index contributed by atoms with van der Waals surface area (Å²) in [7, 11) is 1.44. The van der Waals surface area contributed by atoms with E-state index in [9.17, 15) is 9.18 Å². The van der Waals surface area contributed by atoms with Crippen LogP contribution in [-0.2, 0) is 4.74 Å². The van der Waals surface area contributed by atoms with Crippen molar-refractivity contribution in [3.8, 4) is 5.75 Å². The average Bonchev–Trinajstić information content (AvgIpc) is 2.74. The van der Waals surface area contributed by atoms with Gasteiger partial charge in [-0.15, -0.1) is 0 Å². The van der Waals surface area contributed by atoms with E-state index in [4.69, 9.17) is 9.47 Å². The number of piperidine rings is 1. The van der Waals surface area contributed by atoms with Crippen LogP contribution in [0.25, 0.3) is 0 Å². The highest BCUT2D eigenvalue weighted by Crippen LogP contribution is 2.33. The third-order valence-electron chi connectivity index (χ3n) is 6.34. The largest absolute Gasteiger partial charge is 0.494 e. The number of nitrogens with one attached hydrogen (secondary N) is 1. The standard InChI is InChI=1S/C21H32FN3O3/c1-4-21(25-11-13-28-14-12-25)7-9-24(10-8-21)20(26)23-16(2)17-5-6-19(27-3)18(22)15-17/h5-6,15-16H,4,7-14H2,1-3H3,(H,23,26). The normalized spacial score (nSPS) is 21.2. The van der Waals surface area contributed by atoms with Gasteiger partial charge in [-0.3, -0.25) is 4.90 Å². The summed E-state index contributed by atoms with van der Waals surface area (Å²) in [5.41, 5.74) is 0.894. The summed E-state index contributed by atoms with van der Waals surface area (Å²) >= 11 is 0. The molecule has 0 radical (unpaired) electrons. The first-order valence-electron chi connectivity index (χ1n) is 10.2. The van der Waals surface area contributed by atoms with Crippen molar-refractivity contribution in [2.75, 3.05) is 46.5 Å². The van der Waals surface area contributed by atoms with Crippen LogP contribution in [0.5, 0.6) is 5.75 Å². The number of nitrogens with zero attached hydrogens (tertiary/aromatic N) is 2. The van der Waals surface area contributed by atoms with Crippen LogP contribution in [0.1, 0.15) is 44.7 Å². The van der Waals surface area contributed by atoms with Crippen LogP contribution < -0.4 is 10.1 Å². The predicted octanol–water partition coefficient (Wildman–Crippen LogP) is 3.18. The number of rotatable bonds is 5. The van der Waals surface area contributed by atoms with Crippen LogP contribution in [0, 0.1) is 5.82 Å². The molecule has 0 saturated carbocycles. The summed E-state index contributed by atoms with van der Waals surface area (Å²) in [5.74, 6) is -0.213. The van der Waals surface area contributed by atoms with Gasteiger partial charge in [0.15, 0.2) is 11.6 Å². The number of benzene rings is 1. The molecule has 6 nitrogen and oxygen atoms in total. The highest BCUT2D eigenvalue weighted by molar-refractivity contribution is 5.74. The molecule has 0 spiro atoms. The average molecular weight is 394 g/mol. The molecule has 0 aromatic heterocycles. The molecular formula is C21H32FN3O3. The maximum Gasteiger partial charge on any atom is 0.317 e. The van der Waals surface area contributed by atoms with Gasteiger partial charge in [0.2, 0.25) is 0 Å². The lowest BCUT2D eigenvalue weighted by Gasteiger charge is -2.50. The predicted molar refractivity (Wildman–Crippen MR) is 106 cm³/mol. The Hall–Kier alpha value is -1.86. The Balaban J connectivity index is 1.56. The van der Waals surface area contributed by atoms with Crippen LogP contribution in [0.4, 0.5) is 9.18 Å². The zero-order valence-corrected chi connectivity index (χ0v) is 17.2. The maximum absolute atomic E-state index is 13.9. The number of amides is 2. The molecular weight excluding hydrogens is 361 g/mol. The molecule has 3 rings (SSSR count). The van der Waals surface area contributed by atoms with Gasteiger partial charge < -0.3 is 19.7 Å². The van der Waals surface area contributed by atoms with Crippen LogP contribution in [0.2, 0.25) is 0 Å². The van der Waals surface area contributed by atoms with E-state index in [-0.39, 0.29) is 23.4 Å². The first kappa shape index (κ1) is 20.9. The minimum absolute atomic E-state index is 0.0876. The molecule has 1 atom stereocenters. The first-order chi connectivity index (χ1) is 13.5. The quantitative estimate of drug-likeness (QED) is 0.835. The van der Waals surface area contributed by atoms with Gasteiger partial charge in [0.05, 0.1) is 26.4 Å². The summed E-state index contributed by atoms with van der Waals surface area (Å²) in [6.45, 7) is 9.12. The second-order valence-corrected chi connectivity index (χ2v) is 7.73. The number of carbonyl (C=O) groups excluding carboxylic acids is 1. The van der Waals surface area contributed by atoms with Gasteiger partial charge in [0.1, 0.15) is 0 Å². The van der Waals surface area contributed by atoms with Gasteiger partial charge >= 0.3 is 6.03 Å². The molecule has 2 heterocycles. The topological polar surface area (TPSA) is 54.0 Å². The maximum atomic E-state index is 13.9. The van der Waals surface area contributed by atoms with Crippen LogP contribution >= 0.6 is 0 Å². The van der Waals surface area contributed by atoms with E-state index in [1.807, 2.05) is 11.8 Å². The van der Waals surface area contributed by atoms with E-state index in [2.05, 4.69) is 17.1 Å².